The van der Waals surface area contributed by atoms with E-state index in [0.717, 1.165) is 0 Å². The summed E-state index contributed by atoms with van der Waals surface area (Å²) in [5.74, 6) is -0.227. The Labute approximate surface area is 145 Å². The number of hydrogen-bond donors (Lipinski definition) is 1. The summed E-state index contributed by atoms with van der Waals surface area (Å²) in [5, 5.41) is 10.8. The van der Waals surface area contributed by atoms with Gasteiger partial charge in [0.1, 0.15) is 0 Å². The summed E-state index contributed by atoms with van der Waals surface area (Å²) >= 11 is 0. The number of nitro benzene ring substituents is 1. The molecule has 0 radical (unpaired) electrons. The van der Waals surface area contributed by atoms with E-state index in [1.807, 2.05) is 0 Å². The molecular formula is C16H22N4O5. The lowest BCUT2D eigenvalue weighted by Gasteiger charge is -2.35. The van der Waals surface area contributed by atoms with Crippen molar-refractivity contribution in [2.45, 2.75) is 19.4 Å². The zero-order valence-electron chi connectivity index (χ0n) is 14.1. The molecule has 1 aliphatic rings. The maximum atomic E-state index is 12.5. The van der Waals surface area contributed by atoms with Crippen molar-refractivity contribution in [3.63, 3.8) is 0 Å². The number of amides is 2. The number of piperazine rings is 1. The molecule has 1 aromatic rings. The van der Waals surface area contributed by atoms with Crippen LogP contribution in [0.1, 0.15) is 12.5 Å². The van der Waals surface area contributed by atoms with Crippen molar-refractivity contribution in [2.24, 2.45) is 5.73 Å². The molecule has 1 saturated heterocycles. The molecule has 9 heteroatoms. The van der Waals surface area contributed by atoms with Gasteiger partial charge in [-0.2, -0.15) is 0 Å². The predicted octanol–water partition coefficient (Wildman–Crippen LogP) is 0.765. The number of nitro groups is 1. The number of ether oxygens (including phenoxy) is 1. The van der Waals surface area contributed by atoms with Crippen LogP contribution in [0.4, 0.5) is 10.5 Å². The number of nitrogens with two attached hydrogens (primary N) is 1. The summed E-state index contributed by atoms with van der Waals surface area (Å²) in [6.45, 7) is 3.62. The monoisotopic (exact) mass is 350 g/mol. The van der Waals surface area contributed by atoms with Crippen LogP contribution in [0.25, 0.3) is 0 Å². The molecule has 2 N–H and O–H groups in total. The highest BCUT2D eigenvalue weighted by atomic mass is 16.6. The van der Waals surface area contributed by atoms with E-state index in [-0.39, 0.29) is 24.1 Å². The van der Waals surface area contributed by atoms with E-state index in [0.29, 0.717) is 38.3 Å². The highest BCUT2D eigenvalue weighted by Gasteiger charge is 2.28. The molecule has 0 aromatic heterocycles. The molecule has 1 atom stereocenters. The van der Waals surface area contributed by atoms with Gasteiger partial charge >= 0.3 is 6.09 Å². The number of hydrogen-bond acceptors (Lipinski definition) is 6. The lowest BCUT2D eigenvalue weighted by atomic mass is 10.0. The number of carbonyl (C=O) groups excluding carboxylic acids is 2. The van der Waals surface area contributed by atoms with Crippen LogP contribution >= 0.6 is 0 Å². The Morgan fingerprint density at radius 1 is 1.28 bits per heavy atom. The minimum absolute atomic E-state index is 0.0276. The van der Waals surface area contributed by atoms with Gasteiger partial charge in [0.05, 0.1) is 17.6 Å². The van der Waals surface area contributed by atoms with E-state index >= 15 is 0 Å². The Morgan fingerprint density at radius 3 is 2.52 bits per heavy atom. The molecule has 0 spiro atoms. The molecular weight excluding hydrogens is 328 g/mol. The largest absolute Gasteiger partial charge is 0.450 e. The molecule has 0 aliphatic carbocycles. The molecule has 2 rings (SSSR count). The van der Waals surface area contributed by atoms with Crippen LogP contribution < -0.4 is 5.73 Å². The first-order valence-electron chi connectivity index (χ1n) is 8.11. The fourth-order valence-corrected chi connectivity index (χ4v) is 2.70. The second-order valence-corrected chi connectivity index (χ2v) is 5.75. The lowest BCUT2D eigenvalue weighted by Crippen LogP contribution is -2.54. The van der Waals surface area contributed by atoms with E-state index in [1.165, 1.54) is 12.1 Å². The van der Waals surface area contributed by atoms with Crippen molar-refractivity contribution in [1.82, 2.24) is 9.80 Å². The normalized spacial score (nSPS) is 15.6. The van der Waals surface area contributed by atoms with E-state index in [4.69, 9.17) is 10.5 Å². The average molecular weight is 350 g/mol. The quantitative estimate of drug-likeness (QED) is 0.619. The third kappa shape index (κ3) is 4.90. The van der Waals surface area contributed by atoms with Gasteiger partial charge in [-0.1, -0.05) is 12.1 Å². The Balaban J connectivity index is 1.89. The standard InChI is InChI=1S/C16H22N4O5/c1-2-25-16(22)19-8-6-18(7-9-19)15(21)14(17)11-12-4-3-5-13(10-12)20(23)24/h3-5,10,14H,2,6-9,11,17H2,1H3/t14-/m0/s1. The molecule has 2 amide bonds. The predicted molar refractivity (Wildman–Crippen MR) is 90.0 cm³/mol. The van der Waals surface area contributed by atoms with Gasteiger partial charge in [-0.15, -0.1) is 0 Å². The van der Waals surface area contributed by atoms with E-state index < -0.39 is 11.0 Å². The van der Waals surface area contributed by atoms with Crippen LogP contribution in [0.3, 0.4) is 0 Å². The highest BCUT2D eigenvalue weighted by molar-refractivity contribution is 5.82. The Bertz CT molecular complexity index is 643. The minimum atomic E-state index is -0.781. The number of rotatable bonds is 5. The summed E-state index contributed by atoms with van der Waals surface area (Å²) in [6, 6.07) is 5.31. The third-order valence-corrected chi connectivity index (χ3v) is 4.01. The second kappa shape index (κ2) is 8.43. The average Bonchev–Trinajstić information content (AvgIpc) is 2.61. The van der Waals surface area contributed by atoms with Crippen LogP contribution in [0.15, 0.2) is 24.3 Å². The zero-order valence-corrected chi connectivity index (χ0v) is 14.1. The number of benzene rings is 1. The maximum absolute atomic E-state index is 12.5. The van der Waals surface area contributed by atoms with Crippen LogP contribution in [-0.2, 0) is 16.0 Å². The molecule has 1 aliphatic heterocycles. The number of carbonyl (C=O) groups is 2. The van der Waals surface area contributed by atoms with Crippen molar-refractivity contribution in [2.75, 3.05) is 32.8 Å². The van der Waals surface area contributed by atoms with Gasteiger partial charge in [-0.25, -0.2) is 4.79 Å². The van der Waals surface area contributed by atoms with Crippen LogP contribution in [-0.4, -0.2) is 65.6 Å². The third-order valence-electron chi connectivity index (χ3n) is 4.01. The first-order chi connectivity index (χ1) is 11.9. The summed E-state index contributed by atoms with van der Waals surface area (Å²) in [4.78, 5) is 37.6. The summed E-state index contributed by atoms with van der Waals surface area (Å²) in [5.41, 5.74) is 6.59. The smallest absolute Gasteiger partial charge is 0.409 e. The molecule has 0 bridgehead atoms. The fraction of sp³-hybridized carbons (Fsp3) is 0.500. The van der Waals surface area contributed by atoms with Crippen molar-refractivity contribution in [3.05, 3.63) is 39.9 Å². The van der Waals surface area contributed by atoms with Crippen molar-refractivity contribution in [1.29, 1.82) is 0 Å². The van der Waals surface area contributed by atoms with Crippen molar-refractivity contribution >= 4 is 17.7 Å². The first kappa shape index (κ1) is 18.7. The van der Waals surface area contributed by atoms with Crippen molar-refractivity contribution < 1.29 is 19.2 Å². The minimum Gasteiger partial charge on any atom is -0.450 e. The Morgan fingerprint density at radius 2 is 1.92 bits per heavy atom. The van der Waals surface area contributed by atoms with Gasteiger partial charge in [0, 0.05) is 38.3 Å². The van der Waals surface area contributed by atoms with E-state index in [2.05, 4.69) is 0 Å². The second-order valence-electron chi connectivity index (χ2n) is 5.75. The highest BCUT2D eigenvalue weighted by Crippen LogP contribution is 2.15. The summed E-state index contributed by atoms with van der Waals surface area (Å²) < 4.78 is 4.94. The van der Waals surface area contributed by atoms with Crippen molar-refractivity contribution in [3.8, 4) is 0 Å². The molecule has 9 nitrogen and oxygen atoms in total. The van der Waals surface area contributed by atoms with Crippen LogP contribution in [0.5, 0.6) is 0 Å². The van der Waals surface area contributed by atoms with E-state index in [1.54, 1.807) is 28.9 Å². The van der Waals surface area contributed by atoms with Gasteiger partial charge in [-0.05, 0) is 18.9 Å². The summed E-state index contributed by atoms with van der Waals surface area (Å²) in [6.07, 6.45) is -0.158. The number of non-ortho nitro benzene ring substituents is 1. The maximum Gasteiger partial charge on any atom is 0.409 e. The Hall–Kier alpha value is -2.68. The van der Waals surface area contributed by atoms with Gasteiger partial charge in [0.2, 0.25) is 5.91 Å². The van der Waals surface area contributed by atoms with Gasteiger partial charge in [-0.3, -0.25) is 14.9 Å². The molecule has 1 heterocycles. The molecule has 25 heavy (non-hydrogen) atoms. The molecule has 1 fully saturated rings. The fourth-order valence-electron chi connectivity index (χ4n) is 2.70. The van der Waals surface area contributed by atoms with Crippen LogP contribution in [0.2, 0.25) is 0 Å². The molecule has 136 valence electrons. The molecule has 1 aromatic carbocycles. The SMILES string of the molecule is CCOC(=O)N1CCN(C(=O)[C@@H](N)Cc2cccc([N+](=O)[O-])c2)CC1. The summed E-state index contributed by atoms with van der Waals surface area (Å²) in [7, 11) is 0. The first-order valence-corrected chi connectivity index (χ1v) is 8.11. The lowest BCUT2D eigenvalue weighted by molar-refractivity contribution is -0.384. The van der Waals surface area contributed by atoms with Gasteiger partial charge in [0.15, 0.2) is 0 Å². The zero-order chi connectivity index (χ0) is 18.4. The Kier molecular flexibility index (Phi) is 6.29. The molecule has 0 unspecified atom stereocenters. The molecule has 0 saturated carbocycles. The topological polar surface area (TPSA) is 119 Å². The van der Waals surface area contributed by atoms with Gasteiger partial charge < -0.3 is 20.3 Å². The van der Waals surface area contributed by atoms with Gasteiger partial charge in [0.25, 0.3) is 5.69 Å². The van der Waals surface area contributed by atoms with Crippen LogP contribution in [0, 0.1) is 10.1 Å². The van der Waals surface area contributed by atoms with E-state index in [9.17, 15) is 19.7 Å². The number of nitrogens with zero attached hydrogens (tertiary/aromatic N) is 3.